The summed E-state index contributed by atoms with van der Waals surface area (Å²) < 4.78 is 1.91. The first kappa shape index (κ1) is 17.7. The molecule has 0 bridgehead atoms. The van der Waals surface area contributed by atoms with Gasteiger partial charge >= 0.3 is 0 Å². The highest BCUT2D eigenvalue weighted by Crippen LogP contribution is 2.24. The van der Waals surface area contributed by atoms with Crippen LogP contribution in [0, 0.1) is 0 Å². The van der Waals surface area contributed by atoms with Gasteiger partial charge in [0.2, 0.25) is 0 Å². The van der Waals surface area contributed by atoms with Crippen LogP contribution in [0.3, 0.4) is 0 Å². The third-order valence-electron chi connectivity index (χ3n) is 3.87. The van der Waals surface area contributed by atoms with Gasteiger partial charge in [-0.15, -0.1) is 23.7 Å². The molecule has 126 valence electrons. The van der Waals surface area contributed by atoms with Gasteiger partial charge in [-0.3, -0.25) is 14.4 Å². The Kier molecular flexibility index (Phi) is 5.97. The van der Waals surface area contributed by atoms with Crippen molar-refractivity contribution in [3.8, 4) is 0 Å². The van der Waals surface area contributed by atoms with E-state index in [0.29, 0.717) is 16.9 Å². The number of carbonyl (C=O) groups is 1. The Morgan fingerprint density at radius 1 is 1.57 bits per heavy atom. The number of amides is 1. The van der Waals surface area contributed by atoms with Gasteiger partial charge in [0.15, 0.2) is 5.13 Å². The summed E-state index contributed by atoms with van der Waals surface area (Å²) in [6.07, 6.45) is 5.94. The standard InChI is InChI=1S/C14H20N6OS.ClH/c1-16-13(21)12-4-6-20(18-12)10-3-2-5-19(8-10)9-11-7-17-14(15)22-11;/h4,6-7,10H,2-3,5,8-9H2,1H3,(H2,15,17)(H,16,21);1H. The lowest BCUT2D eigenvalue weighted by Crippen LogP contribution is -2.36. The second-order valence-corrected chi connectivity index (χ2v) is 6.60. The predicted octanol–water partition coefficient (Wildman–Crippen LogP) is 1.54. The Bertz CT molecular complexity index is 657. The number of thiazole rings is 1. The van der Waals surface area contributed by atoms with Crippen LogP contribution in [-0.2, 0) is 6.54 Å². The molecule has 1 aliphatic heterocycles. The number of halogens is 1. The van der Waals surface area contributed by atoms with Gasteiger partial charge in [0.05, 0.1) is 6.04 Å². The second kappa shape index (κ2) is 7.76. The predicted molar refractivity (Wildman–Crippen MR) is 92.9 cm³/mol. The Hall–Kier alpha value is -1.64. The molecular formula is C14H21ClN6OS. The zero-order valence-electron chi connectivity index (χ0n) is 12.9. The summed E-state index contributed by atoms with van der Waals surface area (Å²) in [5.74, 6) is -0.147. The normalized spacial score (nSPS) is 18.4. The molecule has 7 nitrogen and oxygen atoms in total. The number of rotatable bonds is 4. The van der Waals surface area contributed by atoms with E-state index in [1.165, 1.54) is 16.2 Å². The van der Waals surface area contributed by atoms with E-state index in [4.69, 9.17) is 5.73 Å². The zero-order chi connectivity index (χ0) is 15.5. The molecule has 0 saturated carbocycles. The average Bonchev–Trinajstić information content (AvgIpc) is 3.16. The lowest BCUT2D eigenvalue weighted by Gasteiger charge is -2.32. The van der Waals surface area contributed by atoms with Gasteiger partial charge in [-0.25, -0.2) is 4.98 Å². The fourth-order valence-electron chi connectivity index (χ4n) is 2.80. The van der Waals surface area contributed by atoms with Crippen molar-refractivity contribution >= 4 is 34.8 Å². The van der Waals surface area contributed by atoms with E-state index in [-0.39, 0.29) is 18.3 Å². The highest BCUT2D eigenvalue weighted by Gasteiger charge is 2.23. The molecule has 0 aliphatic carbocycles. The van der Waals surface area contributed by atoms with Crippen molar-refractivity contribution in [2.75, 3.05) is 25.9 Å². The summed E-state index contributed by atoms with van der Waals surface area (Å²) in [4.78, 5) is 19.3. The largest absolute Gasteiger partial charge is 0.375 e. The van der Waals surface area contributed by atoms with Crippen LogP contribution in [0.25, 0.3) is 0 Å². The van der Waals surface area contributed by atoms with Crippen molar-refractivity contribution in [2.24, 2.45) is 0 Å². The van der Waals surface area contributed by atoms with Crippen molar-refractivity contribution in [1.29, 1.82) is 0 Å². The van der Waals surface area contributed by atoms with E-state index in [9.17, 15) is 4.79 Å². The third-order valence-corrected chi connectivity index (χ3v) is 4.68. The number of nitrogen functional groups attached to an aromatic ring is 1. The molecule has 2 aromatic rings. The molecular weight excluding hydrogens is 336 g/mol. The summed E-state index contributed by atoms with van der Waals surface area (Å²) >= 11 is 1.54. The molecule has 3 rings (SSSR count). The zero-order valence-corrected chi connectivity index (χ0v) is 14.6. The van der Waals surface area contributed by atoms with Crippen molar-refractivity contribution in [3.63, 3.8) is 0 Å². The van der Waals surface area contributed by atoms with Crippen molar-refractivity contribution in [2.45, 2.75) is 25.4 Å². The smallest absolute Gasteiger partial charge is 0.271 e. The lowest BCUT2D eigenvalue weighted by molar-refractivity contribution is 0.0955. The molecule has 1 aliphatic rings. The Labute approximate surface area is 145 Å². The highest BCUT2D eigenvalue weighted by atomic mass is 35.5. The van der Waals surface area contributed by atoms with Crippen LogP contribution in [0.4, 0.5) is 5.13 Å². The molecule has 1 saturated heterocycles. The number of piperidine rings is 1. The minimum absolute atomic E-state index is 0. The maximum absolute atomic E-state index is 11.6. The number of hydrogen-bond donors (Lipinski definition) is 2. The number of anilines is 1. The number of nitrogens with two attached hydrogens (primary N) is 1. The maximum Gasteiger partial charge on any atom is 0.271 e. The molecule has 3 N–H and O–H groups in total. The lowest BCUT2D eigenvalue weighted by atomic mass is 10.1. The molecule has 1 unspecified atom stereocenters. The van der Waals surface area contributed by atoms with Crippen molar-refractivity contribution in [3.05, 3.63) is 29.0 Å². The Balaban J connectivity index is 0.00000192. The molecule has 0 radical (unpaired) electrons. The summed E-state index contributed by atoms with van der Waals surface area (Å²) in [7, 11) is 1.62. The van der Waals surface area contributed by atoms with Gasteiger partial charge in [-0.05, 0) is 25.5 Å². The number of hydrogen-bond acceptors (Lipinski definition) is 6. The Morgan fingerprint density at radius 2 is 2.39 bits per heavy atom. The molecule has 23 heavy (non-hydrogen) atoms. The highest BCUT2D eigenvalue weighted by molar-refractivity contribution is 7.15. The molecule has 0 spiro atoms. The monoisotopic (exact) mass is 356 g/mol. The molecule has 0 aromatic carbocycles. The summed E-state index contributed by atoms with van der Waals surface area (Å²) in [5.41, 5.74) is 6.15. The topological polar surface area (TPSA) is 89.1 Å². The molecule has 2 aromatic heterocycles. The van der Waals surface area contributed by atoms with E-state index in [1.54, 1.807) is 13.1 Å². The van der Waals surface area contributed by atoms with Crippen molar-refractivity contribution in [1.82, 2.24) is 25.0 Å². The molecule has 9 heteroatoms. The quantitative estimate of drug-likeness (QED) is 0.867. The van der Waals surface area contributed by atoms with Crippen LogP contribution in [0.5, 0.6) is 0 Å². The van der Waals surface area contributed by atoms with Crippen LogP contribution < -0.4 is 11.1 Å². The van der Waals surface area contributed by atoms with Crippen LogP contribution in [-0.4, -0.2) is 45.7 Å². The SMILES string of the molecule is CNC(=O)c1ccn(C2CCCN(Cc3cnc(N)s3)C2)n1.Cl. The second-order valence-electron chi connectivity index (χ2n) is 5.46. The van der Waals surface area contributed by atoms with Gasteiger partial charge in [-0.1, -0.05) is 0 Å². The number of nitrogens with one attached hydrogen (secondary N) is 1. The van der Waals surface area contributed by atoms with Gasteiger partial charge in [0.25, 0.3) is 5.91 Å². The van der Waals surface area contributed by atoms with Gasteiger partial charge in [-0.2, -0.15) is 5.10 Å². The van der Waals surface area contributed by atoms with Crippen LogP contribution in [0.15, 0.2) is 18.5 Å². The molecule has 1 fully saturated rings. The van der Waals surface area contributed by atoms with E-state index in [1.807, 2.05) is 17.1 Å². The van der Waals surface area contributed by atoms with Crippen LogP contribution in [0.1, 0.15) is 34.2 Å². The van der Waals surface area contributed by atoms with Gasteiger partial charge in [0, 0.05) is 37.4 Å². The summed E-state index contributed by atoms with van der Waals surface area (Å²) in [6.45, 7) is 2.86. The fourth-order valence-corrected chi connectivity index (χ4v) is 3.52. The van der Waals surface area contributed by atoms with E-state index < -0.39 is 0 Å². The first-order chi connectivity index (χ1) is 10.7. The third kappa shape index (κ3) is 4.21. The van der Waals surface area contributed by atoms with Gasteiger partial charge in [0.1, 0.15) is 5.69 Å². The van der Waals surface area contributed by atoms with E-state index >= 15 is 0 Å². The van der Waals surface area contributed by atoms with Crippen LogP contribution >= 0.6 is 23.7 Å². The van der Waals surface area contributed by atoms with Crippen molar-refractivity contribution < 1.29 is 4.79 Å². The Morgan fingerprint density at radius 3 is 3.09 bits per heavy atom. The average molecular weight is 357 g/mol. The maximum atomic E-state index is 11.6. The first-order valence-electron chi connectivity index (χ1n) is 7.35. The minimum Gasteiger partial charge on any atom is -0.375 e. The van der Waals surface area contributed by atoms with E-state index in [2.05, 4.69) is 20.3 Å². The first-order valence-corrected chi connectivity index (χ1v) is 8.17. The molecule has 1 atom stereocenters. The van der Waals surface area contributed by atoms with E-state index in [0.717, 1.165) is 32.5 Å². The fraction of sp³-hybridized carbons (Fsp3) is 0.500. The van der Waals surface area contributed by atoms with Gasteiger partial charge < -0.3 is 11.1 Å². The summed E-state index contributed by atoms with van der Waals surface area (Å²) in [5, 5.41) is 7.61. The summed E-state index contributed by atoms with van der Waals surface area (Å²) in [6, 6.07) is 2.07. The number of likely N-dealkylation sites (tertiary alicyclic amines) is 1. The number of carbonyl (C=O) groups excluding carboxylic acids is 1. The molecule has 1 amide bonds. The number of aromatic nitrogens is 3. The van der Waals surface area contributed by atoms with Crippen LogP contribution in [0.2, 0.25) is 0 Å². The minimum atomic E-state index is -0.147. The number of nitrogens with zero attached hydrogens (tertiary/aromatic N) is 4. The molecule has 3 heterocycles.